The number of halogens is 5. The van der Waals surface area contributed by atoms with Crippen LogP contribution < -0.4 is 0 Å². The number of esters is 1. The maximum Gasteiger partial charge on any atom is 0.416 e. The molecule has 0 N–H and O–H groups in total. The number of rotatable bonds is 2. The first-order chi connectivity index (χ1) is 10.1. The lowest BCUT2D eigenvalue weighted by Gasteiger charge is -2.13. The molecule has 0 saturated carbocycles. The van der Waals surface area contributed by atoms with Crippen molar-refractivity contribution in [3.05, 3.63) is 51.3 Å². The quantitative estimate of drug-likeness (QED) is 0.720. The Morgan fingerprint density at radius 3 is 2.18 bits per heavy atom. The Balaban J connectivity index is 2.57. The molecular weight excluding hydrogens is 342 g/mol. The van der Waals surface area contributed by atoms with Gasteiger partial charge in [0.1, 0.15) is 0 Å². The van der Waals surface area contributed by atoms with Gasteiger partial charge in [-0.15, -0.1) is 0 Å². The van der Waals surface area contributed by atoms with Gasteiger partial charge in [-0.1, -0.05) is 23.2 Å². The highest BCUT2D eigenvalue weighted by molar-refractivity contribution is 6.37. The fraction of sp³-hybridized carbons (Fsp3) is 0.214. The molecule has 0 radical (unpaired) electrons. The van der Waals surface area contributed by atoms with Crippen molar-refractivity contribution in [1.82, 2.24) is 4.57 Å². The summed E-state index contributed by atoms with van der Waals surface area (Å²) in [7, 11) is 1.23. The monoisotopic (exact) mass is 351 g/mol. The summed E-state index contributed by atoms with van der Waals surface area (Å²) >= 11 is 11.9. The van der Waals surface area contributed by atoms with Gasteiger partial charge in [0.25, 0.3) is 0 Å². The molecule has 2 rings (SSSR count). The molecule has 8 heteroatoms. The fourth-order valence-electron chi connectivity index (χ4n) is 1.98. The van der Waals surface area contributed by atoms with Crippen LogP contribution in [-0.2, 0) is 10.9 Å². The normalized spacial score (nSPS) is 11.6. The predicted molar refractivity (Wildman–Crippen MR) is 76.9 cm³/mol. The number of alkyl halides is 3. The molecule has 1 heterocycles. The zero-order chi connectivity index (χ0) is 16.7. The van der Waals surface area contributed by atoms with Crippen molar-refractivity contribution in [3.63, 3.8) is 0 Å². The highest BCUT2D eigenvalue weighted by atomic mass is 35.5. The van der Waals surface area contributed by atoms with E-state index in [1.54, 1.807) is 6.92 Å². The SMILES string of the molecule is COC(=O)c1cn(-c2c(Cl)cc(C(F)(F)F)cc2Cl)cc1C. The minimum atomic E-state index is -4.55. The van der Waals surface area contributed by atoms with Gasteiger partial charge in [0.2, 0.25) is 0 Å². The van der Waals surface area contributed by atoms with Crippen LogP contribution in [0.5, 0.6) is 0 Å². The lowest BCUT2D eigenvalue weighted by molar-refractivity contribution is -0.137. The maximum absolute atomic E-state index is 12.7. The number of aromatic nitrogens is 1. The number of nitrogens with zero attached hydrogens (tertiary/aromatic N) is 1. The molecule has 1 aromatic heterocycles. The van der Waals surface area contributed by atoms with Gasteiger partial charge in [0.05, 0.1) is 34.0 Å². The van der Waals surface area contributed by atoms with Gasteiger partial charge in [0.15, 0.2) is 0 Å². The van der Waals surface area contributed by atoms with E-state index in [2.05, 4.69) is 4.74 Å². The lowest BCUT2D eigenvalue weighted by Crippen LogP contribution is -2.06. The molecule has 0 bridgehead atoms. The van der Waals surface area contributed by atoms with Crippen LogP contribution >= 0.6 is 23.2 Å². The number of carbonyl (C=O) groups excluding carboxylic acids is 1. The molecule has 1 aromatic carbocycles. The summed E-state index contributed by atoms with van der Waals surface area (Å²) < 4.78 is 44.2. The van der Waals surface area contributed by atoms with E-state index in [-0.39, 0.29) is 21.3 Å². The summed E-state index contributed by atoms with van der Waals surface area (Å²) in [5.41, 5.74) is 0.0753. The van der Waals surface area contributed by atoms with Crippen molar-refractivity contribution in [2.24, 2.45) is 0 Å². The van der Waals surface area contributed by atoms with Gasteiger partial charge in [-0.05, 0) is 24.6 Å². The number of methoxy groups -OCH3 is 1. The third kappa shape index (κ3) is 3.08. The number of ether oxygens (including phenoxy) is 1. The van der Waals surface area contributed by atoms with E-state index in [0.717, 1.165) is 12.1 Å². The highest BCUT2D eigenvalue weighted by Gasteiger charge is 2.32. The Kier molecular flexibility index (Phi) is 4.44. The Morgan fingerprint density at radius 1 is 1.18 bits per heavy atom. The third-order valence-corrected chi connectivity index (χ3v) is 3.61. The second-order valence-electron chi connectivity index (χ2n) is 4.54. The first-order valence-electron chi connectivity index (χ1n) is 5.98. The summed E-state index contributed by atoms with van der Waals surface area (Å²) in [5.74, 6) is -0.560. The van der Waals surface area contributed by atoms with Crippen molar-refractivity contribution in [2.45, 2.75) is 13.1 Å². The molecule has 0 aliphatic carbocycles. The molecular formula is C14H10Cl2F3NO2. The van der Waals surface area contributed by atoms with Gasteiger partial charge >= 0.3 is 12.1 Å². The summed E-state index contributed by atoms with van der Waals surface area (Å²) in [5, 5.41) is -0.350. The molecule has 0 aliphatic rings. The van der Waals surface area contributed by atoms with E-state index < -0.39 is 17.7 Å². The minimum absolute atomic E-state index is 0.162. The van der Waals surface area contributed by atoms with Crippen molar-refractivity contribution < 1.29 is 22.7 Å². The van der Waals surface area contributed by atoms with Crippen LogP contribution in [0.2, 0.25) is 10.0 Å². The van der Waals surface area contributed by atoms with Crippen molar-refractivity contribution in [2.75, 3.05) is 7.11 Å². The zero-order valence-corrected chi connectivity index (χ0v) is 13.0. The number of benzene rings is 1. The Hall–Kier alpha value is -1.66. The molecule has 0 aliphatic heterocycles. The molecule has 0 spiro atoms. The summed E-state index contributed by atoms with van der Waals surface area (Å²) in [6.45, 7) is 1.66. The maximum atomic E-state index is 12.7. The van der Waals surface area contributed by atoms with Crippen LogP contribution in [0.1, 0.15) is 21.5 Å². The van der Waals surface area contributed by atoms with E-state index >= 15 is 0 Å². The Bertz CT molecular complexity index is 715. The van der Waals surface area contributed by atoms with Gasteiger partial charge in [-0.25, -0.2) is 4.79 Å². The van der Waals surface area contributed by atoms with Crippen LogP contribution in [0.15, 0.2) is 24.5 Å². The number of hydrogen-bond donors (Lipinski definition) is 0. The van der Waals surface area contributed by atoms with E-state index in [0.29, 0.717) is 5.56 Å². The smallest absolute Gasteiger partial charge is 0.416 e. The van der Waals surface area contributed by atoms with Crippen molar-refractivity contribution >= 4 is 29.2 Å². The van der Waals surface area contributed by atoms with Gasteiger partial charge in [0, 0.05) is 12.4 Å². The third-order valence-electron chi connectivity index (χ3n) is 3.03. The molecule has 3 nitrogen and oxygen atoms in total. The van der Waals surface area contributed by atoms with E-state index in [1.807, 2.05) is 0 Å². The van der Waals surface area contributed by atoms with Crippen molar-refractivity contribution in [3.8, 4) is 5.69 Å². The van der Waals surface area contributed by atoms with E-state index in [1.165, 1.54) is 24.1 Å². The second kappa shape index (κ2) is 5.85. The largest absolute Gasteiger partial charge is 0.465 e. The summed E-state index contributed by atoms with van der Waals surface area (Å²) in [6.07, 6.45) is -1.61. The standard InChI is InChI=1S/C14H10Cl2F3NO2/c1-7-5-20(6-9(7)13(21)22-2)12-10(15)3-8(4-11(12)16)14(17,18)19/h3-6H,1-2H3. The summed E-state index contributed by atoms with van der Waals surface area (Å²) in [4.78, 5) is 11.6. The van der Waals surface area contributed by atoms with Crippen LogP contribution in [0.25, 0.3) is 5.69 Å². The highest BCUT2D eigenvalue weighted by Crippen LogP contribution is 2.37. The molecule has 22 heavy (non-hydrogen) atoms. The number of aryl methyl sites for hydroxylation is 1. The van der Waals surface area contributed by atoms with E-state index in [9.17, 15) is 18.0 Å². The molecule has 0 atom stereocenters. The molecule has 0 fully saturated rings. The van der Waals surface area contributed by atoms with Crippen LogP contribution in [0.3, 0.4) is 0 Å². The van der Waals surface area contributed by atoms with Crippen LogP contribution in [0.4, 0.5) is 13.2 Å². The lowest BCUT2D eigenvalue weighted by atomic mass is 10.2. The molecule has 0 saturated heterocycles. The van der Waals surface area contributed by atoms with Crippen LogP contribution in [0, 0.1) is 6.92 Å². The average molecular weight is 352 g/mol. The van der Waals surface area contributed by atoms with E-state index in [4.69, 9.17) is 23.2 Å². The topological polar surface area (TPSA) is 31.2 Å². The van der Waals surface area contributed by atoms with Gasteiger partial charge in [-0.3, -0.25) is 0 Å². The first kappa shape index (κ1) is 16.7. The minimum Gasteiger partial charge on any atom is -0.465 e. The molecule has 2 aromatic rings. The molecule has 0 amide bonds. The molecule has 118 valence electrons. The Morgan fingerprint density at radius 2 is 1.73 bits per heavy atom. The van der Waals surface area contributed by atoms with Gasteiger partial charge < -0.3 is 9.30 Å². The number of carbonyl (C=O) groups is 1. The second-order valence-corrected chi connectivity index (χ2v) is 5.35. The average Bonchev–Trinajstić information content (AvgIpc) is 2.77. The fourth-order valence-corrected chi connectivity index (χ4v) is 2.67. The van der Waals surface area contributed by atoms with Crippen LogP contribution in [-0.4, -0.2) is 17.6 Å². The predicted octanol–water partition coefficient (Wildman–Crippen LogP) is 4.90. The zero-order valence-electron chi connectivity index (χ0n) is 11.5. The first-order valence-corrected chi connectivity index (χ1v) is 6.74. The van der Waals surface area contributed by atoms with Gasteiger partial charge in [-0.2, -0.15) is 13.2 Å². The number of hydrogen-bond acceptors (Lipinski definition) is 2. The van der Waals surface area contributed by atoms with Crippen molar-refractivity contribution in [1.29, 1.82) is 0 Å². The molecule has 0 unspecified atom stereocenters. The summed E-state index contributed by atoms with van der Waals surface area (Å²) in [6, 6.07) is 1.58. The Labute approximate surface area is 134 Å².